The molecular formula is C43H27N3O. The van der Waals surface area contributed by atoms with Crippen LogP contribution in [-0.4, -0.2) is 15.0 Å². The van der Waals surface area contributed by atoms with Crippen molar-refractivity contribution in [2.24, 2.45) is 0 Å². The Labute approximate surface area is 301 Å². The van der Waals surface area contributed by atoms with Crippen molar-refractivity contribution in [3.63, 3.8) is 0 Å². The van der Waals surface area contributed by atoms with E-state index in [1.807, 2.05) is 0 Å². The molecule has 0 saturated heterocycles. The molecule has 0 saturated carbocycles. The zero-order valence-electron chi connectivity index (χ0n) is 44.7. The SMILES string of the molecule is [2H]c1cc(-c2nc(-c3cc([2H])c(-c4cc([2H])c5c([2H])c([2H])c([2H])c([2H])c5c4)c([2H])c3)nc(-c3c([2H])c([2H])c([2H])c4oc5c([2H])c(-c6c([2H])c([2H])c([2H])c([2H])c6[2H])c([2H])c([2H])c5c34)n2)cc([2H])c1[2H]. The standard InChI is InChI=1S/C43H27N3O/c1-3-10-28(11-4-1)35-24-25-36-39(27-35)47-38-17-9-16-37(40(36)38)43-45-41(31-13-5-2-6-14-31)44-42(46-43)32-21-18-30(19-22-32)34-23-20-29-12-7-8-15-33(29)26-34/h1-27H/i1D,2D,3D,4D,5D,6D,7D,8D,9D,10D,11D,12D,15D,16D,17D,18D,19D,20D,24D,25D,27D. The molecule has 0 spiro atoms. The minimum atomic E-state index is -0.781. The van der Waals surface area contributed by atoms with Crippen molar-refractivity contribution < 1.29 is 33.2 Å². The third kappa shape index (κ3) is 4.93. The van der Waals surface area contributed by atoms with Crippen molar-refractivity contribution in [3.8, 4) is 56.4 Å². The van der Waals surface area contributed by atoms with Crippen LogP contribution in [0.2, 0.25) is 0 Å². The Bertz CT molecular complexity index is 3700. The average Bonchev–Trinajstić information content (AvgIpc) is 3.70. The van der Waals surface area contributed by atoms with Crippen LogP contribution in [0.3, 0.4) is 0 Å². The third-order valence-corrected chi connectivity index (χ3v) is 7.22. The van der Waals surface area contributed by atoms with Crippen molar-refractivity contribution in [1.29, 1.82) is 0 Å². The number of hydrogen-bond donors (Lipinski definition) is 0. The summed E-state index contributed by atoms with van der Waals surface area (Å²) in [7, 11) is 0. The second kappa shape index (κ2) is 11.2. The largest absolute Gasteiger partial charge is 0.456 e. The molecule has 0 unspecified atom stereocenters. The highest BCUT2D eigenvalue weighted by Crippen LogP contribution is 2.38. The smallest absolute Gasteiger partial charge is 0.164 e. The fourth-order valence-electron chi connectivity index (χ4n) is 5.02. The van der Waals surface area contributed by atoms with Gasteiger partial charge in [0.1, 0.15) is 11.2 Å². The normalized spacial score (nSPS) is 17.7. The summed E-state index contributed by atoms with van der Waals surface area (Å²) in [5, 5.41) is -0.720. The van der Waals surface area contributed by atoms with Crippen molar-refractivity contribution in [3.05, 3.63) is 163 Å². The molecule has 2 aromatic heterocycles. The monoisotopic (exact) mass is 622 g/mol. The molecule has 220 valence electrons. The van der Waals surface area contributed by atoms with Crippen LogP contribution in [0, 0.1) is 0 Å². The van der Waals surface area contributed by atoms with Gasteiger partial charge in [-0.3, -0.25) is 0 Å². The van der Waals surface area contributed by atoms with Crippen LogP contribution in [0.1, 0.15) is 28.8 Å². The van der Waals surface area contributed by atoms with Gasteiger partial charge in [0.15, 0.2) is 17.5 Å². The summed E-state index contributed by atoms with van der Waals surface area (Å²) in [5.41, 5.74) is -2.44. The Hall–Kier alpha value is -6.39. The highest BCUT2D eigenvalue weighted by molar-refractivity contribution is 6.12. The highest BCUT2D eigenvalue weighted by Gasteiger charge is 2.18. The van der Waals surface area contributed by atoms with Gasteiger partial charge in [0.25, 0.3) is 0 Å². The van der Waals surface area contributed by atoms with Crippen LogP contribution in [-0.2, 0) is 0 Å². The maximum atomic E-state index is 9.22. The lowest BCUT2D eigenvalue weighted by atomic mass is 10.00. The first-order valence-corrected chi connectivity index (χ1v) is 14.0. The summed E-state index contributed by atoms with van der Waals surface area (Å²) < 4.78 is 186. The predicted molar refractivity (Wildman–Crippen MR) is 192 cm³/mol. The van der Waals surface area contributed by atoms with E-state index in [1.54, 1.807) is 0 Å². The number of fused-ring (bicyclic) bond motifs is 4. The van der Waals surface area contributed by atoms with Crippen LogP contribution in [0.15, 0.2) is 168 Å². The minimum absolute atomic E-state index is 0.00669. The molecule has 0 N–H and O–H groups in total. The molecule has 0 radical (unpaired) electrons. The zero-order valence-corrected chi connectivity index (χ0v) is 23.7. The number of benzene rings is 7. The van der Waals surface area contributed by atoms with E-state index in [2.05, 4.69) is 15.0 Å². The molecule has 0 aliphatic heterocycles. The van der Waals surface area contributed by atoms with E-state index in [0.717, 1.165) is 0 Å². The summed E-state index contributed by atoms with van der Waals surface area (Å²) in [6.07, 6.45) is 0. The second-order valence-corrected chi connectivity index (χ2v) is 10.1. The van der Waals surface area contributed by atoms with E-state index in [9.17, 15) is 4.11 Å². The van der Waals surface area contributed by atoms with E-state index in [1.165, 1.54) is 36.4 Å². The van der Waals surface area contributed by atoms with Gasteiger partial charge in [-0.25, -0.2) is 15.0 Å². The molecule has 0 aliphatic carbocycles. The van der Waals surface area contributed by atoms with Gasteiger partial charge < -0.3 is 4.42 Å². The Morgan fingerprint density at radius 3 is 1.89 bits per heavy atom. The van der Waals surface area contributed by atoms with Crippen LogP contribution in [0.4, 0.5) is 0 Å². The number of aromatic nitrogens is 3. The topological polar surface area (TPSA) is 51.8 Å². The van der Waals surface area contributed by atoms with Gasteiger partial charge in [0.05, 0.1) is 28.8 Å². The zero-order chi connectivity index (χ0) is 49.4. The van der Waals surface area contributed by atoms with Crippen molar-refractivity contribution in [1.82, 2.24) is 15.0 Å². The molecule has 9 aromatic rings. The molecule has 9 rings (SSSR count). The second-order valence-electron chi connectivity index (χ2n) is 10.1. The Morgan fingerprint density at radius 2 is 1.09 bits per heavy atom. The lowest BCUT2D eigenvalue weighted by Gasteiger charge is -2.10. The van der Waals surface area contributed by atoms with Crippen molar-refractivity contribution >= 4 is 32.7 Å². The first-order chi connectivity index (χ1) is 32.0. The lowest BCUT2D eigenvalue weighted by molar-refractivity contribution is 0.669. The summed E-state index contributed by atoms with van der Waals surface area (Å²) in [4.78, 5) is 13.7. The molecule has 4 heteroatoms. The van der Waals surface area contributed by atoms with Gasteiger partial charge in [-0.1, -0.05) is 139 Å². The molecule has 0 atom stereocenters. The summed E-state index contributed by atoms with van der Waals surface area (Å²) >= 11 is 0. The summed E-state index contributed by atoms with van der Waals surface area (Å²) in [5.74, 6) is -1.03. The first kappa shape index (κ1) is 13.1. The van der Waals surface area contributed by atoms with Gasteiger partial charge in [-0.05, 0) is 57.2 Å². The third-order valence-electron chi connectivity index (χ3n) is 7.22. The fourth-order valence-corrected chi connectivity index (χ4v) is 5.02. The lowest BCUT2D eigenvalue weighted by Crippen LogP contribution is -2.00. The van der Waals surface area contributed by atoms with Crippen molar-refractivity contribution in [2.75, 3.05) is 0 Å². The molecule has 0 amide bonds. The highest BCUT2D eigenvalue weighted by atomic mass is 16.3. The fraction of sp³-hybridized carbons (Fsp3) is 0. The molecule has 0 fully saturated rings. The molecule has 4 nitrogen and oxygen atoms in total. The van der Waals surface area contributed by atoms with Crippen LogP contribution in [0.5, 0.6) is 0 Å². The van der Waals surface area contributed by atoms with Gasteiger partial charge in [-0.2, -0.15) is 0 Å². The maximum Gasteiger partial charge on any atom is 0.164 e. The van der Waals surface area contributed by atoms with Gasteiger partial charge in [-0.15, -0.1) is 0 Å². The number of furan rings is 1. The first-order valence-electron chi connectivity index (χ1n) is 24.5. The van der Waals surface area contributed by atoms with Crippen LogP contribution in [0.25, 0.3) is 89.1 Å². The molecular weight excluding hydrogens is 574 g/mol. The van der Waals surface area contributed by atoms with E-state index >= 15 is 0 Å². The number of hydrogen-bond acceptors (Lipinski definition) is 4. The minimum Gasteiger partial charge on any atom is -0.456 e. The molecule has 2 heterocycles. The van der Waals surface area contributed by atoms with Crippen LogP contribution >= 0.6 is 0 Å². The molecule has 0 bridgehead atoms. The van der Waals surface area contributed by atoms with Gasteiger partial charge >= 0.3 is 0 Å². The van der Waals surface area contributed by atoms with E-state index in [-0.39, 0.29) is 79.1 Å². The van der Waals surface area contributed by atoms with Gasteiger partial charge in [0.2, 0.25) is 0 Å². The van der Waals surface area contributed by atoms with E-state index in [0.29, 0.717) is 0 Å². The Morgan fingerprint density at radius 1 is 0.426 bits per heavy atom. The number of rotatable bonds is 5. The van der Waals surface area contributed by atoms with Crippen molar-refractivity contribution in [2.45, 2.75) is 0 Å². The average molecular weight is 623 g/mol. The quantitative estimate of drug-likeness (QED) is 0.192. The summed E-state index contributed by atoms with van der Waals surface area (Å²) in [6, 6.07) is -4.75. The molecule has 0 aliphatic rings. The predicted octanol–water partition coefficient (Wildman–Crippen LogP) is 11.3. The van der Waals surface area contributed by atoms with Gasteiger partial charge in [0, 0.05) is 27.5 Å². The maximum absolute atomic E-state index is 9.22. The van der Waals surface area contributed by atoms with E-state index in [4.69, 9.17) is 29.1 Å². The van der Waals surface area contributed by atoms with Crippen LogP contribution < -0.4 is 0 Å². The molecule has 7 aromatic carbocycles. The molecule has 47 heavy (non-hydrogen) atoms. The number of nitrogens with zero attached hydrogens (tertiary/aromatic N) is 3. The Kier molecular flexibility index (Phi) is 3.13. The Balaban J connectivity index is 1.33. The van der Waals surface area contributed by atoms with E-state index < -0.39 is 137 Å². The summed E-state index contributed by atoms with van der Waals surface area (Å²) in [6.45, 7) is 0.